The lowest BCUT2D eigenvalue weighted by Gasteiger charge is -2.28. The number of nitrogens with one attached hydrogen (secondary N) is 1. The molecule has 4 amide bonds. The summed E-state index contributed by atoms with van der Waals surface area (Å²) in [5.74, 6) is -1.41. The number of amides is 4. The topological polar surface area (TPSA) is 107 Å². The Morgan fingerprint density at radius 2 is 1.91 bits per heavy atom. The molecule has 2 N–H and O–H groups in total. The van der Waals surface area contributed by atoms with Gasteiger partial charge < -0.3 is 15.3 Å². The first kappa shape index (κ1) is 21.9. The number of aliphatic carboxylic acids is 1. The highest BCUT2D eigenvalue weighted by Gasteiger charge is 2.47. The summed E-state index contributed by atoms with van der Waals surface area (Å²) in [6, 6.07) is 11.9. The number of imide groups is 1. The molecular weight excluding hydrogens is 430 g/mol. The fraction of sp³-hybridized carbons (Fsp3) is 0.304. The van der Waals surface area contributed by atoms with Crippen molar-refractivity contribution in [2.75, 3.05) is 16.9 Å². The van der Waals surface area contributed by atoms with Crippen LogP contribution >= 0.6 is 11.8 Å². The zero-order valence-corrected chi connectivity index (χ0v) is 18.3. The van der Waals surface area contributed by atoms with Crippen LogP contribution < -0.4 is 10.2 Å². The molecule has 9 heteroatoms. The van der Waals surface area contributed by atoms with Gasteiger partial charge in [-0.25, -0.2) is 14.5 Å². The van der Waals surface area contributed by atoms with Crippen LogP contribution in [0.1, 0.15) is 27.9 Å². The largest absolute Gasteiger partial charge is 0.480 e. The number of urea groups is 1. The van der Waals surface area contributed by atoms with E-state index in [0.29, 0.717) is 30.8 Å². The summed E-state index contributed by atoms with van der Waals surface area (Å²) in [5, 5.41) is 11.9. The second kappa shape index (κ2) is 9.04. The lowest BCUT2D eigenvalue weighted by atomic mass is 9.95. The standard InChI is InChI=1S/C23H23N3O5S/c1-32-10-9-18(22(29)30)24-20(27)15-7-4-8-17(11-15)26-21(28)19-12-14-5-2-3-6-16(14)13-25(19)23(26)31/h2-8,11,18-19H,9-10,12-13H2,1H3,(H,24,27)(H,29,30)/t18-,19+/m1/s1. The van der Waals surface area contributed by atoms with E-state index < -0.39 is 30.0 Å². The van der Waals surface area contributed by atoms with E-state index in [0.717, 1.165) is 16.0 Å². The van der Waals surface area contributed by atoms with Crippen molar-refractivity contribution >= 4 is 41.3 Å². The molecule has 4 rings (SSSR count). The molecule has 2 aromatic rings. The van der Waals surface area contributed by atoms with Crippen LogP contribution in [0.4, 0.5) is 10.5 Å². The minimum atomic E-state index is -1.11. The molecule has 0 bridgehead atoms. The predicted molar refractivity (Wildman–Crippen MR) is 121 cm³/mol. The van der Waals surface area contributed by atoms with Crippen LogP contribution in [0.15, 0.2) is 48.5 Å². The Bertz CT molecular complexity index is 1050. The SMILES string of the molecule is CSCC[C@@H](NC(=O)c1cccc(N2C(=O)[C@@H]3Cc4ccccc4CN3C2=O)c1)C(=O)O. The molecule has 0 aliphatic carbocycles. The summed E-state index contributed by atoms with van der Waals surface area (Å²) in [4.78, 5) is 53.0. The minimum absolute atomic E-state index is 0.187. The molecule has 2 aromatic carbocycles. The second-order valence-electron chi connectivity index (χ2n) is 7.77. The summed E-state index contributed by atoms with van der Waals surface area (Å²) >= 11 is 1.49. The van der Waals surface area contributed by atoms with Gasteiger partial charge in [0, 0.05) is 18.5 Å². The predicted octanol–water partition coefficient (Wildman–Crippen LogP) is 2.52. The number of carboxylic acid groups (broad SMARTS) is 1. The molecule has 0 spiro atoms. The lowest BCUT2D eigenvalue weighted by molar-refractivity contribution is -0.139. The average molecular weight is 454 g/mol. The number of carbonyl (C=O) groups is 4. The Hall–Kier alpha value is -3.33. The van der Waals surface area contributed by atoms with Crippen LogP contribution in [-0.2, 0) is 22.6 Å². The van der Waals surface area contributed by atoms with Crippen LogP contribution in [0, 0.1) is 0 Å². The van der Waals surface area contributed by atoms with Gasteiger partial charge in [0.1, 0.15) is 12.1 Å². The van der Waals surface area contributed by atoms with Crippen molar-refractivity contribution in [3.05, 3.63) is 65.2 Å². The number of fused-ring (bicyclic) bond motifs is 2. The lowest BCUT2D eigenvalue weighted by Crippen LogP contribution is -2.41. The average Bonchev–Trinajstić information content (AvgIpc) is 3.04. The van der Waals surface area contributed by atoms with Crippen LogP contribution in [0.5, 0.6) is 0 Å². The molecule has 2 aliphatic heterocycles. The summed E-state index contributed by atoms with van der Waals surface area (Å²) in [5.41, 5.74) is 2.55. The molecule has 2 atom stereocenters. The number of nitrogens with zero attached hydrogens (tertiary/aromatic N) is 2. The van der Waals surface area contributed by atoms with Gasteiger partial charge in [0.05, 0.1) is 5.69 Å². The van der Waals surface area contributed by atoms with E-state index in [1.165, 1.54) is 23.9 Å². The number of rotatable bonds is 7. The van der Waals surface area contributed by atoms with Crippen LogP contribution in [0.3, 0.4) is 0 Å². The Kier molecular flexibility index (Phi) is 6.18. The molecule has 32 heavy (non-hydrogen) atoms. The summed E-state index contributed by atoms with van der Waals surface area (Å²) in [6.45, 7) is 0.359. The maximum Gasteiger partial charge on any atom is 0.332 e. The highest BCUT2D eigenvalue weighted by Crippen LogP contribution is 2.33. The molecule has 0 saturated carbocycles. The number of thioether (sulfide) groups is 1. The summed E-state index contributed by atoms with van der Waals surface area (Å²) in [6.07, 6.45) is 2.61. The maximum absolute atomic E-state index is 13.1. The van der Waals surface area contributed by atoms with E-state index in [9.17, 15) is 24.3 Å². The molecule has 1 fully saturated rings. The van der Waals surface area contributed by atoms with Gasteiger partial charge in [0.25, 0.3) is 11.8 Å². The van der Waals surface area contributed by atoms with Crippen molar-refractivity contribution in [1.82, 2.24) is 10.2 Å². The van der Waals surface area contributed by atoms with Crippen LogP contribution in [0.25, 0.3) is 0 Å². The molecule has 1 saturated heterocycles. The Labute approximate surface area is 189 Å². The molecule has 0 aromatic heterocycles. The maximum atomic E-state index is 13.1. The number of anilines is 1. The van der Waals surface area contributed by atoms with E-state index in [-0.39, 0.29) is 11.5 Å². The smallest absolute Gasteiger partial charge is 0.332 e. The quantitative estimate of drug-likeness (QED) is 0.624. The molecule has 2 aliphatic rings. The minimum Gasteiger partial charge on any atom is -0.480 e. The number of hydrogen-bond acceptors (Lipinski definition) is 5. The van der Waals surface area contributed by atoms with Crippen LogP contribution in [-0.4, -0.2) is 57.9 Å². The van der Waals surface area contributed by atoms with Crippen molar-refractivity contribution < 1.29 is 24.3 Å². The third kappa shape index (κ3) is 4.08. The van der Waals surface area contributed by atoms with Gasteiger partial charge in [-0.2, -0.15) is 11.8 Å². The number of carbonyl (C=O) groups excluding carboxylic acids is 3. The number of carboxylic acids is 1. The highest BCUT2D eigenvalue weighted by molar-refractivity contribution is 7.98. The fourth-order valence-corrected chi connectivity index (χ4v) is 4.55. The Balaban J connectivity index is 1.55. The van der Waals surface area contributed by atoms with Crippen molar-refractivity contribution in [2.24, 2.45) is 0 Å². The van der Waals surface area contributed by atoms with E-state index in [1.54, 1.807) is 17.0 Å². The Morgan fingerprint density at radius 3 is 2.62 bits per heavy atom. The molecular formula is C23H23N3O5S. The molecule has 2 heterocycles. The van der Waals surface area contributed by atoms with Gasteiger partial charge in [0.2, 0.25) is 0 Å². The third-order valence-electron chi connectivity index (χ3n) is 5.77. The second-order valence-corrected chi connectivity index (χ2v) is 8.75. The number of benzene rings is 2. The Morgan fingerprint density at radius 1 is 1.16 bits per heavy atom. The summed E-state index contributed by atoms with van der Waals surface area (Å²) < 4.78 is 0. The molecule has 0 unspecified atom stereocenters. The first-order valence-electron chi connectivity index (χ1n) is 10.2. The van der Waals surface area contributed by atoms with Gasteiger partial charge in [-0.1, -0.05) is 30.3 Å². The van der Waals surface area contributed by atoms with E-state index in [1.807, 2.05) is 30.5 Å². The van der Waals surface area contributed by atoms with Gasteiger partial charge in [-0.05, 0) is 47.8 Å². The normalized spacial score (nSPS) is 18.2. The highest BCUT2D eigenvalue weighted by atomic mass is 32.2. The third-order valence-corrected chi connectivity index (χ3v) is 6.42. The monoisotopic (exact) mass is 453 g/mol. The van der Waals surface area contributed by atoms with Gasteiger partial charge in [0.15, 0.2) is 0 Å². The van der Waals surface area contributed by atoms with E-state index >= 15 is 0 Å². The van der Waals surface area contributed by atoms with Gasteiger partial charge >= 0.3 is 12.0 Å². The zero-order valence-electron chi connectivity index (χ0n) is 17.5. The summed E-state index contributed by atoms with van der Waals surface area (Å²) in [7, 11) is 0. The first-order chi connectivity index (χ1) is 15.4. The first-order valence-corrected chi connectivity index (χ1v) is 11.6. The van der Waals surface area contributed by atoms with E-state index in [4.69, 9.17) is 0 Å². The molecule has 0 radical (unpaired) electrons. The van der Waals surface area contributed by atoms with Crippen molar-refractivity contribution in [2.45, 2.75) is 31.5 Å². The van der Waals surface area contributed by atoms with Gasteiger partial charge in [-0.15, -0.1) is 0 Å². The number of hydrogen-bond donors (Lipinski definition) is 2. The van der Waals surface area contributed by atoms with Crippen LogP contribution in [0.2, 0.25) is 0 Å². The van der Waals surface area contributed by atoms with Crippen molar-refractivity contribution in [3.8, 4) is 0 Å². The van der Waals surface area contributed by atoms with Crippen molar-refractivity contribution in [1.29, 1.82) is 0 Å². The molecule has 8 nitrogen and oxygen atoms in total. The zero-order chi connectivity index (χ0) is 22.8. The van der Waals surface area contributed by atoms with Crippen molar-refractivity contribution in [3.63, 3.8) is 0 Å². The molecule has 166 valence electrons. The van der Waals surface area contributed by atoms with E-state index in [2.05, 4.69) is 5.32 Å². The van der Waals surface area contributed by atoms with Gasteiger partial charge in [-0.3, -0.25) is 9.59 Å². The fourth-order valence-electron chi connectivity index (χ4n) is 4.07.